The fourth-order valence-electron chi connectivity index (χ4n) is 3.17. The number of fused-ring (bicyclic) bond motifs is 1. The molecule has 0 saturated carbocycles. The number of nitrogens with one attached hydrogen (secondary N) is 2. The summed E-state index contributed by atoms with van der Waals surface area (Å²) >= 11 is 0. The lowest BCUT2D eigenvalue weighted by Gasteiger charge is -2.33. The maximum Gasteiger partial charge on any atom is 0.244 e. The van der Waals surface area contributed by atoms with Crippen LogP contribution in [0.2, 0.25) is 0 Å². The average Bonchev–Trinajstić information content (AvgIpc) is 2.87. The van der Waals surface area contributed by atoms with Crippen LogP contribution in [0.4, 0.5) is 5.69 Å². The van der Waals surface area contributed by atoms with Gasteiger partial charge in [0.15, 0.2) is 0 Å². The number of aryl methyl sites for hydroxylation is 2. The van der Waals surface area contributed by atoms with Crippen LogP contribution < -0.4 is 10.6 Å². The summed E-state index contributed by atoms with van der Waals surface area (Å²) in [6.07, 6.45) is 6.79. The second kappa shape index (κ2) is 6.15. The molecular formula is C16H23ClN2O. The number of carbonyl (C=O) groups is 1. The molecule has 0 radical (unpaired) electrons. The maximum atomic E-state index is 12.4. The van der Waals surface area contributed by atoms with Crippen molar-refractivity contribution in [1.82, 2.24) is 5.32 Å². The van der Waals surface area contributed by atoms with Gasteiger partial charge in [-0.1, -0.05) is 6.07 Å². The third-order valence-corrected chi connectivity index (χ3v) is 4.48. The minimum absolute atomic E-state index is 0. The van der Waals surface area contributed by atoms with Crippen molar-refractivity contribution in [2.45, 2.75) is 51.0 Å². The highest BCUT2D eigenvalue weighted by Gasteiger charge is 2.34. The summed E-state index contributed by atoms with van der Waals surface area (Å²) in [5, 5.41) is 6.44. The Balaban J connectivity index is 0.00000147. The van der Waals surface area contributed by atoms with E-state index in [-0.39, 0.29) is 18.3 Å². The normalized spacial score (nSPS) is 24.6. The van der Waals surface area contributed by atoms with E-state index < -0.39 is 5.54 Å². The van der Waals surface area contributed by atoms with E-state index in [4.69, 9.17) is 0 Å². The van der Waals surface area contributed by atoms with E-state index in [0.29, 0.717) is 0 Å². The van der Waals surface area contributed by atoms with E-state index in [1.54, 1.807) is 0 Å². The molecule has 3 nitrogen and oxygen atoms in total. The second-order valence-electron chi connectivity index (χ2n) is 6.01. The number of hydrogen-bond acceptors (Lipinski definition) is 2. The third-order valence-electron chi connectivity index (χ3n) is 4.48. The van der Waals surface area contributed by atoms with Crippen molar-refractivity contribution in [2.75, 3.05) is 11.9 Å². The molecule has 1 fully saturated rings. The van der Waals surface area contributed by atoms with Crippen LogP contribution in [0, 0.1) is 0 Å². The van der Waals surface area contributed by atoms with Crippen LogP contribution in [-0.2, 0) is 17.6 Å². The van der Waals surface area contributed by atoms with Gasteiger partial charge in [-0.05, 0) is 75.3 Å². The molecule has 0 spiro atoms. The van der Waals surface area contributed by atoms with Crippen molar-refractivity contribution < 1.29 is 4.79 Å². The van der Waals surface area contributed by atoms with Gasteiger partial charge in [0.25, 0.3) is 0 Å². The molecule has 0 bridgehead atoms. The zero-order valence-corrected chi connectivity index (χ0v) is 12.8. The highest BCUT2D eigenvalue weighted by Crippen LogP contribution is 2.26. The Hall–Kier alpha value is -1.06. The Morgan fingerprint density at radius 3 is 2.75 bits per heavy atom. The molecule has 1 unspecified atom stereocenters. The molecule has 0 aromatic heterocycles. The predicted molar refractivity (Wildman–Crippen MR) is 84.6 cm³/mol. The first-order valence-corrected chi connectivity index (χ1v) is 7.36. The largest absolute Gasteiger partial charge is 0.324 e. The van der Waals surface area contributed by atoms with E-state index in [1.165, 1.54) is 30.4 Å². The van der Waals surface area contributed by atoms with Gasteiger partial charge in [0.05, 0.1) is 5.54 Å². The van der Waals surface area contributed by atoms with Crippen LogP contribution in [0.5, 0.6) is 0 Å². The molecule has 1 atom stereocenters. The Kier molecular flexibility index (Phi) is 4.71. The zero-order chi connectivity index (χ0) is 13.3. The highest BCUT2D eigenvalue weighted by atomic mass is 35.5. The summed E-state index contributed by atoms with van der Waals surface area (Å²) in [5.74, 6) is 0.102. The minimum Gasteiger partial charge on any atom is -0.324 e. The Labute approximate surface area is 126 Å². The Bertz CT molecular complexity index is 495. The molecule has 1 aliphatic carbocycles. The van der Waals surface area contributed by atoms with E-state index in [9.17, 15) is 4.79 Å². The number of rotatable bonds is 2. The van der Waals surface area contributed by atoms with Crippen LogP contribution in [0.1, 0.15) is 43.7 Å². The molecule has 3 rings (SSSR count). The number of piperidine rings is 1. The molecule has 20 heavy (non-hydrogen) atoms. The first-order valence-electron chi connectivity index (χ1n) is 7.36. The molecule has 1 aromatic carbocycles. The number of hydrogen-bond donors (Lipinski definition) is 2. The lowest BCUT2D eigenvalue weighted by atomic mass is 9.90. The van der Waals surface area contributed by atoms with Gasteiger partial charge in [-0.3, -0.25) is 4.79 Å². The SMILES string of the molecule is CC1(C(=O)Nc2ccc3c(c2)CCC3)CCCCN1.Cl. The molecule has 2 aliphatic rings. The van der Waals surface area contributed by atoms with Crippen molar-refractivity contribution in [3.8, 4) is 0 Å². The summed E-state index contributed by atoms with van der Waals surface area (Å²) < 4.78 is 0. The van der Waals surface area contributed by atoms with Gasteiger partial charge >= 0.3 is 0 Å². The molecule has 1 saturated heterocycles. The summed E-state index contributed by atoms with van der Waals surface area (Å²) in [7, 11) is 0. The zero-order valence-electron chi connectivity index (χ0n) is 12.0. The molecule has 1 amide bonds. The van der Waals surface area contributed by atoms with E-state index in [1.807, 2.05) is 13.0 Å². The number of halogens is 1. The second-order valence-corrected chi connectivity index (χ2v) is 6.01. The first kappa shape index (κ1) is 15.3. The van der Waals surface area contributed by atoms with Crippen molar-refractivity contribution in [3.05, 3.63) is 29.3 Å². The molecule has 1 aromatic rings. The minimum atomic E-state index is -0.405. The van der Waals surface area contributed by atoms with Gasteiger partial charge in [-0.25, -0.2) is 0 Å². The molecule has 110 valence electrons. The van der Waals surface area contributed by atoms with E-state index in [0.717, 1.165) is 31.5 Å². The van der Waals surface area contributed by atoms with Gasteiger partial charge in [0.2, 0.25) is 5.91 Å². The smallest absolute Gasteiger partial charge is 0.244 e. The van der Waals surface area contributed by atoms with E-state index in [2.05, 4.69) is 22.8 Å². The van der Waals surface area contributed by atoms with Crippen molar-refractivity contribution in [3.63, 3.8) is 0 Å². The predicted octanol–water partition coefficient (Wildman–Crippen LogP) is 3.07. The van der Waals surface area contributed by atoms with Gasteiger partial charge < -0.3 is 10.6 Å². The first-order chi connectivity index (χ1) is 9.17. The topological polar surface area (TPSA) is 41.1 Å². The van der Waals surface area contributed by atoms with Crippen LogP contribution in [-0.4, -0.2) is 18.0 Å². The summed E-state index contributed by atoms with van der Waals surface area (Å²) in [6.45, 7) is 2.95. The third kappa shape index (κ3) is 2.99. The Morgan fingerprint density at radius 1 is 1.20 bits per heavy atom. The Morgan fingerprint density at radius 2 is 2.00 bits per heavy atom. The van der Waals surface area contributed by atoms with Gasteiger partial charge in [-0.15, -0.1) is 12.4 Å². The average molecular weight is 295 g/mol. The van der Waals surface area contributed by atoms with Crippen molar-refractivity contribution in [1.29, 1.82) is 0 Å². The lowest BCUT2D eigenvalue weighted by molar-refractivity contribution is -0.122. The number of benzene rings is 1. The number of anilines is 1. The van der Waals surface area contributed by atoms with Gasteiger partial charge in [-0.2, -0.15) is 0 Å². The van der Waals surface area contributed by atoms with Crippen LogP contribution in [0.15, 0.2) is 18.2 Å². The summed E-state index contributed by atoms with van der Waals surface area (Å²) in [4.78, 5) is 12.4. The maximum absolute atomic E-state index is 12.4. The van der Waals surface area contributed by atoms with Crippen LogP contribution in [0.3, 0.4) is 0 Å². The van der Waals surface area contributed by atoms with Crippen molar-refractivity contribution >= 4 is 24.0 Å². The van der Waals surface area contributed by atoms with Crippen molar-refractivity contribution in [2.24, 2.45) is 0 Å². The highest BCUT2D eigenvalue weighted by molar-refractivity contribution is 5.98. The fraction of sp³-hybridized carbons (Fsp3) is 0.562. The van der Waals surface area contributed by atoms with Gasteiger partial charge in [0, 0.05) is 5.69 Å². The molecule has 2 N–H and O–H groups in total. The monoisotopic (exact) mass is 294 g/mol. The van der Waals surface area contributed by atoms with E-state index >= 15 is 0 Å². The van der Waals surface area contributed by atoms with Crippen LogP contribution in [0.25, 0.3) is 0 Å². The molecule has 1 aliphatic heterocycles. The number of carbonyl (C=O) groups excluding carboxylic acids is 1. The molecular weight excluding hydrogens is 272 g/mol. The lowest BCUT2D eigenvalue weighted by Crippen LogP contribution is -2.54. The molecule has 4 heteroatoms. The fourth-order valence-corrected chi connectivity index (χ4v) is 3.17. The van der Waals surface area contributed by atoms with Gasteiger partial charge in [0.1, 0.15) is 0 Å². The number of amides is 1. The summed E-state index contributed by atoms with van der Waals surface area (Å²) in [6, 6.07) is 6.34. The standard InChI is InChI=1S/C16H22N2O.ClH/c1-16(9-2-3-10-17-16)15(19)18-14-8-7-12-5-4-6-13(12)11-14;/h7-8,11,17H,2-6,9-10H2,1H3,(H,18,19);1H. The summed E-state index contributed by atoms with van der Waals surface area (Å²) in [5.41, 5.74) is 3.39. The quantitative estimate of drug-likeness (QED) is 0.880. The van der Waals surface area contributed by atoms with Crippen LogP contribution >= 0.6 is 12.4 Å². The molecule has 1 heterocycles.